The van der Waals surface area contributed by atoms with E-state index in [1.807, 2.05) is 0 Å². The Morgan fingerprint density at radius 3 is 2.43 bits per heavy atom. The minimum atomic E-state index is -2.20. The minimum Gasteiger partial charge on any atom is -0.457 e. The summed E-state index contributed by atoms with van der Waals surface area (Å²) in [5.74, 6) is -1.82. The summed E-state index contributed by atoms with van der Waals surface area (Å²) in [6, 6.07) is -1.07. The molecule has 0 spiro atoms. The molecule has 1 unspecified atom stereocenters. The second-order valence-corrected chi connectivity index (χ2v) is 6.86. The van der Waals surface area contributed by atoms with Crippen molar-refractivity contribution in [3.05, 3.63) is 17.7 Å². The number of halogens is 3. The Morgan fingerprint density at radius 2 is 1.96 bits per heavy atom. The first-order chi connectivity index (χ1) is 10.8. The van der Waals surface area contributed by atoms with Crippen molar-refractivity contribution < 1.29 is 19.1 Å². The molecule has 0 aliphatic carbocycles. The highest BCUT2D eigenvalue weighted by Crippen LogP contribution is 2.26. The molecule has 23 heavy (non-hydrogen) atoms. The van der Waals surface area contributed by atoms with Gasteiger partial charge in [0.1, 0.15) is 0 Å². The molecule has 6 nitrogen and oxygen atoms in total. The Labute approximate surface area is 150 Å². The first-order valence-electron chi connectivity index (χ1n) is 7.21. The Morgan fingerprint density at radius 1 is 1.30 bits per heavy atom. The average molecular weight is 385 g/mol. The molecule has 1 amide bonds. The summed E-state index contributed by atoms with van der Waals surface area (Å²) in [4.78, 5) is 26.5. The molecule has 0 aliphatic rings. The predicted octanol–water partition coefficient (Wildman–Crippen LogP) is 3.21. The van der Waals surface area contributed by atoms with Crippen LogP contribution in [0.2, 0.25) is 0 Å². The van der Waals surface area contributed by atoms with Crippen LogP contribution in [0.15, 0.2) is 12.2 Å². The molecule has 0 aromatic heterocycles. The summed E-state index contributed by atoms with van der Waals surface area (Å²) in [7, 11) is 0. The third-order valence-corrected chi connectivity index (χ3v) is 3.25. The molecule has 1 atom stereocenters. The second kappa shape index (κ2) is 11.5. The van der Waals surface area contributed by atoms with Gasteiger partial charge in [-0.3, -0.25) is 4.79 Å². The van der Waals surface area contributed by atoms with Gasteiger partial charge in [0.05, 0.1) is 6.61 Å². The molecule has 0 fully saturated rings. The van der Waals surface area contributed by atoms with Crippen LogP contribution in [0.3, 0.4) is 0 Å². The van der Waals surface area contributed by atoms with E-state index < -0.39 is 27.4 Å². The number of hydrogen-bond donors (Lipinski definition) is 1. The maximum atomic E-state index is 11.8. The number of carbonyl (C=O) groups excluding carboxylic acids is 2. The second-order valence-electron chi connectivity index (χ2n) is 4.58. The lowest BCUT2D eigenvalue weighted by molar-refractivity contribution is -0.140. The average Bonchev–Trinajstić information content (AvgIpc) is 2.46. The van der Waals surface area contributed by atoms with Crippen LogP contribution in [0.25, 0.3) is 5.53 Å². The number of rotatable bonds is 9. The number of allylic oxidation sites excluding steroid dienone is 1. The van der Waals surface area contributed by atoms with Crippen molar-refractivity contribution in [2.75, 3.05) is 6.61 Å². The summed E-state index contributed by atoms with van der Waals surface area (Å²) < 4.78 is 2.57. The van der Waals surface area contributed by atoms with E-state index >= 15 is 0 Å². The van der Waals surface area contributed by atoms with Crippen molar-refractivity contribution in [2.45, 2.75) is 49.4 Å². The molecule has 0 saturated heterocycles. The molecule has 0 bridgehead atoms. The summed E-state index contributed by atoms with van der Waals surface area (Å²) >= 11 is 16.5. The first kappa shape index (κ1) is 21.9. The van der Waals surface area contributed by atoms with Gasteiger partial charge >= 0.3 is 11.7 Å². The van der Waals surface area contributed by atoms with E-state index in [1.165, 1.54) is 6.08 Å². The van der Waals surface area contributed by atoms with Crippen LogP contribution in [-0.4, -0.2) is 38.8 Å². The number of nitrogens with one attached hydrogen (secondary N) is 1. The standard InChI is InChI=1S/C14H20Cl3N3O3/c1-3-5-6-7-8-9-10(19-13(22)14(15,16)17)11(20-18)12(21)23-4-2/h8-10H,3-7H2,1-2H3,(H,19,22)/b9-8-. The van der Waals surface area contributed by atoms with Crippen LogP contribution in [0.1, 0.15) is 39.5 Å². The molecule has 0 heterocycles. The number of hydrogen-bond acceptors (Lipinski definition) is 3. The zero-order chi connectivity index (χ0) is 17.9. The summed E-state index contributed by atoms with van der Waals surface area (Å²) in [6.07, 6.45) is 7.04. The smallest absolute Gasteiger partial charge is 0.419 e. The highest BCUT2D eigenvalue weighted by molar-refractivity contribution is 6.76. The molecular formula is C14H20Cl3N3O3. The first-order valence-corrected chi connectivity index (χ1v) is 8.34. The Kier molecular flexibility index (Phi) is 10.9. The van der Waals surface area contributed by atoms with E-state index in [1.54, 1.807) is 13.0 Å². The third-order valence-electron chi connectivity index (χ3n) is 2.73. The highest BCUT2D eigenvalue weighted by Gasteiger charge is 2.37. The van der Waals surface area contributed by atoms with Gasteiger partial charge in [0.15, 0.2) is 6.04 Å². The van der Waals surface area contributed by atoms with Gasteiger partial charge in [-0.05, 0) is 19.8 Å². The van der Waals surface area contributed by atoms with Crippen molar-refractivity contribution >= 4 is 52.4 Å². The molecule has 0 rings (SSSR count). The number of unbranched alkanes of at least 4 members (excludes halogenated alkanes) is 3. The molecule has 0 aromatic rings. The van der Waals surface area contributed by atoms with Gasteiger partial charge in [0.25, 0.3) is 9.70 Å². The molecular weight excluding hydrogens is 365 g/mol. The lowest BCUT2D eigenvalue weighted by Crippen LogP contribution is -2.47. The van der Waals surface area contributed by atoms with E-state index in [4.69, 9.17) is 45.1 Å². The third kappa shape index (κ3) is 8.96. The number of alkyl halides is 3. The fraction of sp³-hybridized carbons (Fsp3) is 0.643. The van der Waals surface area contributed by atoms with E-state index in [2.05, 4.69) is 17.0 Å². The quantitative estimate of drug-likeness (QED) is 0.126. The van der Waals surface area contributed by atoms with Crippen LogP contribution in [0.4, 0.5) is 0 Å². The largest absolute Gasteiger partial charge is 0.457 e. The van der Waals surface area contributed by atoms with Crippen LogP contribution in [0, 0.1) is 0 Å². The van der Waals surface area contributed by atoms with Crippen molar-refractivity contribution in [3.63, 3.8) is 0 Å². The Hall–Kier alpha value is -1.07. The summed E-state index contributed by atoms with van der Waals surface area (Å²) in [6.45, 7) is 3.76. The van der Waals surface area contributed by atoms with Gasteiger partial charge in [0.2, 0.25) is 0 Å². The lowest BCUT2D eigenvalue weighted by Gasteiger charge is -2.15. The van der Waals surface area contributed by atoms with Crippen molar-refractivity contribution in [1.29, 1.82) is 0 Å². The Balaban J connectivity index is 5.16. The van der Waals surface area contributed by atoms with Gasteiger partial charge in [-0.2, -0.15) is 4.79 Å². The molecule has 0 radical (unpaired) electrons. The molecule has 0 aromatic carbocycles. The van der Waals surface area contributed by atoms with E-state index in [0.717, 1.165) is 25.7 Å². The SMILES string of the molecule is CCCCC/C=C\C(NC(=O)C(Cl)(Cl)Cl)C(=[N+]=[N-])C(=O)OCC. The zero-order valence-electron chi connectivity index (χ0n) is 13.0. The highest BCUT2D eigenvalue weighted by atomic mass is 35.6. The van der Waals surface area contributed by atoms with Crippen LogP contribution in [0.5, 0.6) is 0 Å². The zero-order valence-corrected chi connectivity index (χ0v) is 15.3. The molecule has 1 N–H and O–H groups in total. The van der Waals surface area contributed by atoms with Gasteiger partial charge in [-0.15, -0.1) is 0 Å². The molecule has 0 saturated carbocycles. The number of carbonyl (C=O) groups is 2. The fourth-order valence-electron chi connectivity index (χ4n) is 1.61. The fourth-order valence-corrected chi connectivity index (χ4v) is 1.77. The van der Waals surface area contributed by atoms with Crippen LogP contribution in [-0.2, 0) is 14.3 Å². The number of amides is 1. The maximum Gasteiger partial charge on any atom is 0.419 e. The van der Waals surface area contributed by atoms with Crippen molar-refractivity contribution in [3.8, 4) is 0 Å². The van der Waals surface area contributed by atoms with Gasteiger partial charge in [-0.1, -0.05) is 66.7 Å². The van der Waals surface area contributed by atoms with Gasteiger partial charge < -0.3 is 15.6 Å². The van der Waals surface area contributed by atoms with Crippen LogP contribution < -0.4 is 5.32 Å². The predicted molar refractivity (Wildman–Crippen MR) is 90.8 cm³/mol. The van der Waals surface area contributed by atoms with Crippen molar-refractivity contribution in [1.82, 2.24) is 5.32 Å². The molecule has 130 valence electrons. The number of ether oxygens (including phenoxy) is 1. The summed E-state index contributed by atoms with van der Waals surface area (Å²) in [5, 5.41) is 2.33. The van der Waals surface area contributed by atoms with E-state index in [-0.39, 0.29) is 6.61 Å². The van der Waals surface area contributed by atoms with Gasteiger partial charge in [-0.25, -0.2) is 4.79 Å². The minimum absolute atomic E-state index is 0.0865. The topological polar surface area (TPSA) is 91.8 Å². The summed E-state index contributed by atoms with van der Waals surface area (Å²) in [5.41, 5.74) is 8.65. The Bertz CT molecular complexity index is 483. The van der Waals surface area contributed by atoms with Crippen LogP contribution >= 0.6 is 34.8 Å². The lowest BCUT2D eigenvalue weighted by atomic mass is 10.1. The normalized spacial score (nSPS) is 12.6. The monoisotopic (exact) mass is 383 g/mol. The van der Waals surface area contributed by atoms with Gasteiger partial charge in [0, 0.05) is 0 Å². The van der Waals surface area contributed by atoms with E-state index in [0.29, 0.717) is 0 Å². The van der Waals surface area contributed by atoms with E-state index in [9.17, 15) is 9.59 Å². The number of esters is 1. The maximum absolute atomic E-state index is 11.8. The number of nitrogens with zero attached hydrogens (tertiary/aromatic N) is 2. The molecule has 0 aliphatic heterocycles. The van der Waals surface area contributed by atoms with Crippen molar-refractivity contribution in [2.24, 2.45) is 0 Å². The molecule has 9 heteroatoms.